The molecule has 0 radical (unpaired) electrons. The van der Waals surface area contributed by atoms with Crippen LogP contribution in [0, 0.1) is 0 Å². The van der Waals surface area contributed by atoms with Crippen molar-refractivity contribution >= 4 is 11.8 Å². The van der Waals surface area contributed by atoms with Crippen molar-refractivity contribution < 1.29 is 9.59 Å². The number of nitrogens with zero attached hydrogens (tertiary/aromatic N) is 4. The molecule has 1 aromatic heterocycles. The molecule has 1 saturated heterocycles. The maximum Gasteiger partial charge on any atom is 0.225 e. The predicted octanol–water partition coefficient (Wildman–Crippen LogP) is 0.397. The predicted molar refractivity (Wildman–Crippen MR) is 77.5 cm³/mol. The maximum atomic E-state index is 11.9. The zero-order valence-electron chi connectivity index (χ0n) is 13.1. The third-order valence-corrected chi connectivity index (χ3v) is 3.61. The van der Waals surface area contributed by atoms with Gasteiger partial charge in [-0.1, -0.05) is 0 Å². The van der Waals surface area contributed by atoms with E-state index in [0.717, 1.165) is 5.82 Å². The van der Waals surface area contributed by atoms with Crippen LogP contribution in [0.4, 0.5) is 0 Å². The van der Waals surface area contributed by atoms with Crippen LogP contribution in [0.25, 0.3) is 0 Å². The van der Waals surface area contributed by atoms with E-state index in [1.165, 1.54) is 0 Å². The molecule has 21 heavy (non-hydrogen) atoms. The molecule has 0 aliphatic carbocycles. The summed E-state index contributed by atoms with van der Waals surface area (Å²) in [5.74, 6) is 0.899. The largest absolute Gasteiger partial charge is 0.369 e. The summed E-state index contributed by atoms with van der Waals surface area (Å²) in [7, 11) is 0. The number of hydrogen-bond donors (Lipinski definition) is 1. The summed E-state index contributed by atoms with van der Waals surface area (Å²) >= 11 is 0. The third-order valence-electron chi connectivity index (χ3n) is 3.61. The fourth-order valence-corrected chi connectivity index (χ4v) is 2.61. The Bertz CT molecular complexity index is 558. The number of likely N-dealkylation sites (tertiary alicyclic amines) is 1. The van der Waals surface area contributed by atoms with Gasteiger partial charge in [0.2, 0.25) is 11.8 Å². The fourth-order valence-electron chi connectivity index (χ4n) is 2.61. The molecule has 7 heteroatoms. The Balaban J connectivity index is 2.35. The summed E-state index contributed by atoms with van der Waals surface area (Å²) < 4.78 is 1.82. The first-order valence-corrected chi connectivity index (χ1v) is 7.24. The standard InChI is InChI=1S/C14H23N5O2/c1-5-18-8-9(6-12(18)21)13-16-11(7-10(15)20)17-19(13)14(2,3)4/h9H,5-8H2,1-4H3,(H2,15,20). The number of primary amides is 1. The van der Waals surface area contributed by atoms with Gasteiger partial charge >= 0.3 is 0 Å². The van der Waals surface area contributed by atoms with E-state index in [-0.39, 0.29) is 23.8 Å². The van der Waals surface area contributed by atoms with Crippen molar-refractivity contribution in [3.8, 4) is 0 Å². The highest BCUT2D eigenvalue weighted by Gasteiger charge is 2.35. The van der Waals surface area contributed by atoms with Crippen molar-refractivity contribution in [2.75, 3.05) is 13.1 Å². The normalized spacial score (nSPS) is 19.3. The first-order valence-electron chi connectivity index (χ1n) is 7.24. The van der Waals surface area contributed by atoms with Crippen molar-refractivity contribution in [2.24, 2.45) is 5.73 Å². The highest BCUT2D eigenvalue weighted by Crippen LogP contribution is 2.29. The quantitative estimate of drug-likeness (QED) is 0.869. The van der Waals surface area contributed by atoms with Crippen LogP contribution in [0.15, 0.2) is 0 Å². The van der Waals surface area contributed by atoms with Crippen LogP contribution in [0.3, 0.4) is 0 Å². The molecule has 1 unspecified atom stereocenters. The van der Waals surface area contributed by atoms with Crippen LogP contribution >= 0.6 is 0 Å². The van der Waals surface area contributed by atoms with E-state index in [1.807, 2.05) is 37.3 Å². The zero-order valence-corrected chi connectivity index (χ0v) is 13.1. The lowest BCUT2D eigenvalue weighted by molar-refractivity contribution is -0.127. The van der Waals surface area contributed by atoms with Crippen molar-refractivity contribution in [2.45, 2.75) is 52.0 Å². The van der Waals surface area contributed by atoms with Gasteiger partial charge in [-0.2, -0.15) is 5.10 Å². The molecule has 1 aliphatic heterocycles. The van der Waals surface area contributed by atoms with Gasteiger partial charge in [-0.25, -0.2) is 9.67 Å². The van der Waals surface area contributed by atoms with Gasteiger partial charge in [0.15, 0.2) is 5.82 Å². The summed E-state index contributed by atoms with van der Waals surface area (Å²) in [6.07, 6.45) is 0.465. The second-order valence-electron chi connectivity index (χ2n) is 6.45. The Morgan fingerprint density at radius 3 is 2.57 bits per heavy atom. The topological polar surface area (TPSA) is 94.1 Å². The van der Waals surface area contributed by atoms with Crippen molar-refractivity contribution in [3.63, 3.8) is 0 Å². The molecule has 116 valence electrons. The highest BCUT2D eigenvalue weighted by atomic mass is 16.2. The van der Waals surface area contributed by atoms with Crippen LogP contribution in [-0.4, -0.2) is 44.6 Å². The minimum atomic E-state index is -0.453. The molecule has 0 aromatic carbocycles. The van der Waals surface area contributed by atoms with Crippen molar-refractivity contribution in [1.82, 2.24) is 19.7 Å². The minimum absolute atomic E-state index is 0.0193. The van der Waals surface area contributed by atoms with Crippen LogP contribution < -0.4 is 5.73 Å². The summed E-state index contributed by atoms with van der Waals surface area (Å²) in [5, 5.41) is 4.42. The highest BCUT2D eigenvalue weighted by molar-refractivity contribution is 5.79. The summed E-state index contributed by atoms with van der Waals surface area (Å²) in [5.41, 5.74) is 4.96. The van der Waals surface area contributed by atoms with Gasteiger partial charge in [0.25, 0.3) is 0 Å². The van der Waals surface area contributed by atoms with E-state index in [0.29, 0.717) is 25.3 Å². The maximum absolute atomic E-state index is 11.9. The zero-order chi connectivity index (χ0) is 15.8. The smallest absolute Gasteiger partial charge is 0.225 e. The monoisotopic (exact) mass is 293 g/mol. The minimum Gasteiger partial charge on any atom is -0.369 e. The fraction of sp³-hybridized carbons (Fsp3) is 0.714. The SMILES string of the molecule is CCN1CC(c2nc(CC(N)=O)nn2C(C)(C)C)CC1=O. The van der Waals surface area contributed by atoms with Crippen LogP contribution in [0.5, 0.6) is 0 Å². The summed E-state index contributed by atoms with van der Waals surface area (Å²) in [4.78, 5) is 29.3. The molecule has 0 bridgehead atoms. The second kappa shape index (κ2) is 5.46. The van der Waals surface area contributed by atoms with Gasteiger partial charge in [-0.05, 0) is 27.7 Å². The van der Waals surface area contributed by atoms with Gasteiger partial charge in [0.05, 0.1) is 12.0 Å². The van der Waals surface area contributed by atoms with E-state index in [1.54, 1.807) is 0 Å². The molecule has 1 fully saturated rings. The number of likely N-dealkylation sites (N-methyl/N-ethyl adjacent to an activating group) is 1. The molecule has 1 aliphatic rings. The Kier molecular flexibility index (Phi) is 4.02. The molecule has 0 saturated carbocycles. The summed E-state index contributed by atoms with van der Waals surface area (Å²) in [6.45, 7) is 9.38. The van der Waals surface area contributed by atoms with E-state index < -0.39 is 5.91 Å². The van der Waals surface area contributed by atoms with Crippen LogP contribution in [-0.2, 0) is 21.5 Å². The van der Waals surface area contributed by atoms with E-state index >= 15 is 0 Å². The molecular formula is C14H23N5O2. The Morgan fingerprint density at radius 1 is 1.43 bits per heavy atom. The second-order valence-corrected chi connectivity index (χ2v) is 6.45. The molecule has 7 nitrogen and oxygen atoms in total. The Morgan fingerprint density at radius 2 is 2.10 bits per heavy atom. The number of aromatic nitrogens is 3. The van der Waals surface area contributed by atoms with Crippen LogP contribution in [0.1, 0.15) is 51.7 Å². The van der Waals surface area contributed by atoms with E-state index in [2.05, 4.69) is 10.1 Å². The van der Waals surface area contributed by atoms with Gasteiger partial charge < -0.3 is 10.6 Å². The van der Waals surface area contributed by atoms with E-state index in [4.69, 9.17) is 5.73 Å². The number of carbonyl (C=O) groups is 2. The molecule has 1 atom stereocenters. The Labute approximate surface area is 124 Å². The van der Waals surface area contributed by atoms with Crippen molar-refractivity contribution in [3.05, 3.63) is 11.6 Å². The molecule has 2 amide bonds. The Hall–Kier alpha value is -1.92. The first kappa shape index (κ1) is 15.5. The third kappa shape index (κ3) is 3.22. The van der Waals surface area contributed by atoms with Gasteiger partial charge in [0.1, 0.15) is 5.82 Å². The van der Waals surface area contributed by atoms with Crippen LogP contribution in [0.2, 0.25) is 0 Å². The lowest BCUT2D eigenvalue weighted by Crippen LogP contribution is -2.28. The molecule has 1 aromatic rings. The number of hydrogen-bond acceptors (Lipinski definition) is 4. The number of carbonyl (C=O) groups excluding carboxylic acids is 2. The van der Waals surface area contributed by atoms with Gasteiger partial charge in [0, 0.05) is 25.4 Å². The summed E-state index contributed by atoms with van der Waals surface area (Å²) in [6, 6.07) is 0. The molecule has 0 spiro atoms. The number of amides is 2. The molecular weight excluding hydrogens is 270 g/mol. The number of nitrogens with two attached hydrogens (primary N) is 1. The molecule has 2 rings (SSSR count). The van der Waals surface area contributed by atoms with E-state index in [9.17, 15) is 9.59 Å². The number of rotatable bonds is 4. The average Bonchev–Trinajstić information content (AvgIpc) is 2.91. The van der Waals surface area contributed by atoms with Gasteiger partial charge in [-0.3, -0.25) is 9.59 Å². The lowest BCUT2D eigenvalue weighted by Gasteiger charge is -2.23. The van der Waals surface area contributed by atoms with Crippen molar-refractivity contribution in [1.29, 1.82) is 0 Å². The first-order chi connectivity index (χ1) is 9.72. The molecule has 2 N–H and O–H groups in total. The van der Waals surface area contributed by atoms with Gasteiger partial charge in [-0.15, -0.1) is 0 Å². The average molecular weight is 293 g/mol. The molecule has 2 heterocycles. The lowest BCUT2D eigenvalue weighted by atomic mass is 10.0.